The maximum atomic E-state index is 13.3. The van der Waals surface area contributed by atoms with Gasteiger partial charge in [-0.1, -0.05) is 6.07 Å². The Morgan fingerprint density at radius 1 is 1.09 bits per heavy atom. The number of aromatic nitrogens is 1. The number of hydrogen-bond donors (Lipinski definition) is 1. The van der Waals surface area contributed by atoms with E-state index in [1.54, 1.807) is 0 Å². The molecule has 7 nitrogen and oxygen atoms in total. The first kappa shape index (κ1) is 23.7. The second-order valence-electron chi connectivity index (χ2n) is 6.92. The lowest BCUT2D eigenvalue weighted by Crippen LogP contribution is -2.33. The highest BCUT2D eigenvalue weighted by atomic mass is 32.2. The van der Waals surface area contributed by atoms with E-state index in [0.29, 0.717) is 6.07 Å². The van der Waals surface area contributed by atoms with Crippen molar-refractivity contribution in [1.29, 1.82) is 5.26 Å². The molecule has 0 fully saturated rings. The largest absolute Gasteiger partial charge is 0.416 e. The summed E-state index contributed by atoms with van der Waals surface area (Å²) in [6.07, 6.45) is -4.71. The molecular weight excluding hydrogens is 459 g/mol. The first-order chi connectivity index (χ1) is 15.4. The van der Waals surface area contributed by atoms with Gasteiger partial charge in [0.05, 0.1) is 27.0 Å². The molecule has 3 rings (SSSR count). The monoisotopic (exact) mass is 475 g/mol. The standard InChI is InChI=1S/C22H16F3N3O4S/c1-13-19(33(31,32)17-8-6-14(12-26)7-9-17)11-18(20(29)27-2)21(30)28(13)16-5-3-4-15(10-16)22(23,24)25/h3-11H,1-2H3,(H,27,29). The predicted octanol–water partition coefficient (Wildman–Crippen LogP) is 3.23. The minimum absolute atomic E-state index is 0.184. The van der Waals surface area contributed by atoms with Crippen LogP contribution >= 0.6 is 0 Å². The number of nitrogens with one attached hydrogen (secondary N) is 1. The number of nitriles is 1. The van der Waals surface area contributed by atoms with E-state index in [-0.39, 0.29) is 21.8 Å². The molecule has 0 saturated heterocycles. The lowest BCUT2D eigenvalue weighted by molar-refractivity contribution is -0.137. The molecule has 1 N–H and O–H groups in total. The quantitative estimate of drug-likeness (QED) is 0.623. The molecule has 0 radical (unpaired) electrons. The van der Waals surface area contributed by atoms with Crippen molar-refractivity contribution < 1.29 is 26.4 Å². The van der Waals surface area contributed by atoms with Crippen molar-refractivity contribution in [3.05, 3.63) is 87.3 Å². The predicted molar refractivity (Wildman–Crippen MR) is 112 cm³/mol. The Morgan fingerprint density at radius 2 is 1.73 bits per heavy atom. The Labute approximate surface area is 186 Å². The second-order valence-corrected chi connectivity index (χ2v) is 8.83. The van der Waals surface area contributed by atoms with Crippen LogP contribution in [0.25, 0.3) is 5.69 Å². The number of hydrogen-bond acceptors (Lipinski definition) is 5. The van der Waals surface area contributed by atoms with E-state index in [1.165, 1.54) is 44.3 Å². The molecule has 1 amide bonds. The normalized spacial score (nSPS) is 11.6. The highest BCUT2D eigenvalue weighted by molar-refractivity contribution is 7.91. The second kappa shape index (κ2) is 8.55. The number of pyridine rings is 1. The Kier molecular flexibility index (Phi) is 6.16. The minimum Gasteiger partial charge on any atom is -0.355 e. The Morgan fingerprint density at radius 3 is 2.27 bits per heavy atom. The zero-order valence-electron chi connectivity index (χ0n) is 17.3. The number of amides is 1. The lowest BCUT2D eigenvalue weighted by Gasteiger charge is -2.18. The van der Waals surface area contributed by atoms with E-state index in [2.05, 4.69) is 5.32 Å². The third-order valence-corrected chi connectivity index (χ3v) is 6.77. The van der Waals surface area contributed by atoms with E-state index in [4.69, 9.17) is 5.26 Å². The van der Waals surface area contributed by atoms with Crippen LogP contribution in [0, 0.1) is 18.3 Å². The van der Waals surface area contributed by atoms with E-state index in [0.717, 1.165) is 22.8 Å². The summed E-state index contributed by atoms with van der Waals surface area (Å²) in [4.78, 5) is 24.7. The van der Waals surface area contributed by atoms with Gasteiger partial charge in [-0.05, 0) is 55.5 Å². The maximum Gasteiger partial charge on any atom is 0.416 e. The highest BCUT2D eigenvalue weighted by Crippen LogP contribution is 2.31. The molecule has 33 heavy (non-hydrogen) atoms. The summed E-state index contributed by atoms with van der Waals surface area (Å²) in [5, 5.41) is 11.2. The fraction of sp³-hybridized carbons (Fsp3) is 0.136. The molecule has 0 bridgehead atoms. The van der Waals surface area contributed by atoms with Gasteiger partial charge in [0.25, 0.3) is 11.5 Å². The molecule has 0 spiro atoms. The molecule has 0 saturated carbocycles. The zero-order chi connectivity index (χ0) is 24.6. The van der Waals surface area contributed by atoms with Crippen LogP contribution in [0.15, 0.2) is 69.2 Å². The first-order valence-electron chi connectivity index (χ1n) is 9.33. The summed E-state index contributed by atoms with van der Waals surface area (Å²) < 4.78 is 67.1. The molecule has 0 aliphatic carbocycles. The number of carbonyl (C=O) groups is 1. The molecule has 11 heteroatoms. The van der Waals surface area contributed by atoms with Gasteiger partial charge in [0, 0.05) is 18.4 Å². The number of halogens is 3. The third-order valence-electron chi connectivity index (χ3n) is 4.89. The van der Waals surface area contributed by atoms with Crippen LogP contribution in [0.4, 0.5) is 13.2 Å². The molecule has 1 heterocycles. The van der Waals surface area contributed by atoms with Crippen LogP contribution in [-0.2, 0) is 16.0 Å². The topological polar surface area (TPSA) is 109 Å². The Balaban J connectivity index is 2.37. The van der Waals surface area contributed by atoms with Crippen molar-refractivity contribution in [2.24, 2.45) is 0 Å². The van der Waals surface area contributed by atoms with Gasteiger partial charge in [0.1, 0.15) is 5.56 Å². The van der Waals surface area contributed by atoms with Gasteiger partial charge in [0.15, 0.2) is 0 Å². The van der Waals surface area contributed by atoms with Gasteiger partial charge in [-0.15, -0.1) is 0 Å². The molecule has 0 aliphatic rings. The molecule has 1 aromatic heterocycles. The van der Waals surface area contributed by atoms with Crippen molar-refractivity contribution in [2.75, 3.05) is 7.05 Å². The molecule has 0 atom stereocenters. The number of nitrogens with zero attached hydrogens (tertiary/aromatic N) is 2. The zero-order valence-corrected chi connectivity index (χ0v) is 18.1. The van der Waals surface area contributed by atoms with Gasteiger partial charge in [-0.2, -0.15) is 18.4 Å². The van der Waals surface area contributed by atoms with Crippen LogP contribution in [0.1, 0.15) is 27.2 Å². The van der Waals surface area contributed by atoms with E-state index >= 15 is 0 Å². The average Bonchev–Trinajstić information content (AvgIpc) is 2.78. The molecule has 3 aromatic rings. The Bertz CT molecular complexity index is 1450. The summed E-state index contributed by atoms with van der Waals surface area (Å²) in [6, 6.07) is 11.5. The number of carbonyl (C=O) groups excluding carboxylic acids is 1. The molecule has 170 valence electrons. The van der Waals surface area contributed by atoms with Crippen molar-refractivity contribution in [1.82, 2.24) is 9.88 Å². The van der Waals surface area contributed by atoms with Crippen LogP contribution in [0.3, 0.4) is 0 Å². The Hall–Kier alpha value is -3.91. The molecular formula is C22H16F3N3O4S. The average molecular weight is 475 g/mol. The van der Waals surface area contributed by atoms with E-state index in [9.17, 15) is 31.2 Å². The number of rotatable bonds is 4. The van der Waals surface area contributed by atoms with Crippen LogP contribution in [0.5, 0.6) is 0 Å². The summed E-state index contributed by atoms with van der Waals surface area (Å²) in [7, 11) is -3.09. The van der Waals surface area contributed by atoms with Gasteiger partial charge in [0.2, 0.25) is 9.84 Å². The molecule has 2 aromatic carbocycles. The molecule has 0 unspecified atom stereocenters. The lowest BCUT2D eigenvalue weighted by atomic mass is 10.1. The van der Waals surface area contributed by atoms with Gasteiger partial charge < -0.3 is 5.32 Å². The van der Waals surface area contributed by atoms with Crippen LogP contribution in [-0.4, -0.2) is 25.9 Å². The first-order valence-corrected chi connectivity index (χ1v) is 10.8. The van der Waals surface area contributed by atoms with Crippen molar-refractivity contribution >= 4 is 15.7 Å². The number of benzene rings is 2. The summed E-state index contributed by atoms with van der Waals surface area (Å²) in [5.41, 5.74) is -2.82. The minimum atomic E-state index is -4.71. The number of alkyl halides is 3. The van der Waals surface area contributed by atoms with Crippen LogP contribution in [0.2, 0.25) is 0 Å². The molecule has 0 aliphatic heterocycles. The highest BCUT2D eigenvalue weighted by Gasteiger charge is 2.32. The van der Waals surface area contributed by atoms with Crippen molar-refractivity contribution in [2.45, 2.75) is 22.9 Å². The summed E-state index contributed by atoms with van der Waals surface area (Å²) in [5.74, 6) is -0.906. The van der Waals surface area contributed by atoms with Gasteiger partial charge in [-0.3, -0.25) is 14.2 Å². The van der Waals surface area contributed by atoms with Gasteiger partial charge >= 0.3 is 6.18 Å². The van der Waals surface area contributed by atoms with E-state index in [1.807, 2.05) is 6.07 Å². The fourth-order valence-electron chi connectivity index (χ4n) is 3.22. The fourth-order valence-corrected chi connectivity index (χ4v) is 4.72. The third kappa shape index (κ3) is 4.38. The van der Waals surface area contributed by atoms with Gasteiger partial charge in [-0.25, -0.2) is 8.42 Å². The number of sulfone groups is 1. The van der Waals surface area contributed by atoms with E-state index < -0.39 is 43.5 Å². The van der Waals surface area contributed by atoms with Crippen molar-refractivity contribution in [3.63, 3.8) is 0 Å². The maximum absolute atomic E-state index is 13.3. The smallest absolute Gasteiger partial charge is 0.355 e. The van der Waals surface area contributed by atoms with Crippen LogP contribution < -0.4 is 10.9 Å². The SMILES string of the molecule is CNC(=O)c1cc(S(=O)(=O)c2ccc(C#N)cc2)c(C)n(-c2cccc(C(F)(F)F)c2)c1=O. The van der Waals surface area contributed by atoms with Crippen molar-refractivity contribution in [3.8, 4) is 11.8 Å². The summed E-state index contributed by atoms with van der Waals surface area (Å²) >= 11 is 0. The summed E-state index contributed by atoms with van der Waals surface area (Å²) in [6.45, 7) is 1.26.